The summed E-state index contributed by atoms with van der Waals surface area (Å²) in [5, 5.41) is 13.3. The van der Waals surface area contributed by atoms with Crippen molar-refractivity contribution in [3.63, 3.8) is 0 Å². The largest absolute Gasteiger partial charge is 0.313 e. The fraction of sp³-hybridized carbons (Fsp3) is 0.333. The molecule has 0 fully saturated rings. The molecule has 76 valence electrons. The second kappa shape index (κ2) is 4.15. The van der Waals surface area contributed by atoms with Gasteiger partial charge in [-0.15, -0.1) is 0 Å². The van der Waals surface area contributed by atoms with E-state index in [2.05, 4.69) is 5.32 Å². The maximum Gasteiger partial charge on any atom is 0.269 e. The van der Waals surface area contributed by atoms with Gasteiger partial charge in [-0.25, -0.2) is 4.39 Å². The predicted molar refractivity (Wildman–Crippen MR) is 50.5 cm³/mol. The molecular formula is C9H11FN2O2. The highest BCUT2D eigenvalue weighted by atomic mass is 19.1. The van der Waals surface area contributed by atoms with Gasteiger partial charge in [-0.1, -0.05) is 0 Å². The van der Waals surface area contributed by atoms with Crippen LogP contribution in [-0.2, 0) is 0 Å². The van der Waals surface area contributed by atoms with Crippen molar-refractivity contribution in [3.8, 4) is 0 Å². The number of hydrogen-bond donors (Lipinski definition) is 1. The van der Waals surface area contributed by atoms with Crippen LogP contribution in [0.25, 0.3) is 0 Å². The second-order valence-corrected chi connectivity index (χ2v) is 2.97. The molecule has 1 atom stereocenters. The molecule has 0 aliphatic rings. The van der Waals surface area contributed by atoms with Gasteiger partial charge in [0.1, 0.15) is 5.82 Å². The molecule has 1 aromatic carbocycles. The molecule has 1 N–H and O–H groups in total. The summed E-state index contributed by atoms with van der Waals surface area (Å²) in [4.78, 5) is 9.90. The average molecular weight is 198 g/mol. The highest BCUT2D eigenvalue weighted by molar-refractivity contribution is 5.36. The maximum atomic E-state index is 13.2. The maximum absolute atomic E-state index is 13.2. The zero-order valence-corrected chi connectivity index (χ0v) is 7.95. The van der Waals surface area contributed by atoms with Gasteiger partial charge in [0, 0.05) is 23.7 Å². The van der Waals surface area contributed by atoms with E-state index in [9.17, 15) is 14.5 Å². The van der Waals surface area contributed by atoms with Crippen LogP contribution in [0.5, 0.6) is 0 Å². The lowest BCUT2D eigenvalue weighted by Crippen LogP contribution is -2.14. The van der Waals surface area contributed by atoms with Gasteiger partial charge in [0.15, 0.2) is 0 Å². The summed E-state index contributed by atoms with van der Waals surface area (Å²) in [6, 6.07) is 3.27. The van der Waals surface area contributed by atoms with E-state index in [0.29, 0.717) is 5.56 Å². The summed E-state index contributed by atoms with van der Waals surface area (Å²) in [6.45, 7) is 1.74. The molecule has 1 rings (SSSR count). The molecule has 0 radical (unpaired) electrons. The molecule has 0 aliphatic heterocycles. The Morgan fingerprint density at radius 1 is 1.57 bits per heavy atom. The van der Waals surface area contributed by atoms with Gasteiger partial charge in [-0.2, -0.15) is 0 Å². The first kappa shape index (κ1) is 10.6. The van der Waals surface area contributed by atoms with Crippen molar-refractivity contribution in [1.82, 2.24) is 5.32 Å². The van der Waals surface area contributed by atoms with E-state index in [-0.39, 0.29) is 11.7 Å². The fourth-order valence-corrected chi connectivity index (χ4v) is 1.13. The van der Waals surface area contributed by atoms with Gasteiger partial charge in [0.25, 0.3) is 5.69 Å². The number of hydrogen-bond acceptors (Lipinski definition) is 3. The smallest absolute Gasteiger partial charge is 0.269 e. The molecule has 0 saturated heterocycles. The molecule has 0 saturated carbocycles. The molecule has 1 aromatic rings. The minimum Gasteiger partial charge on any atom is -0.313 e. The SMILES string of the molecule is CN[C@H](C)c1cc([N+](=O)[O-])ccc1F. The van der Waals surface area contributed by atoms with Gasteiger partial charge >= 0.3 is 0 Å². The zero-order chi connectivity index (χ0) is 10.7. The number of nitrogens with one attached hydrogen (secondary N) is 1. The van der Waals surface area contributed by atoms with Crippen LogP contribution in [0.3, 0.4) is 0 Å². The molecule has 5 heteroatoms. The summed E-state index contributed by atoms with van der Waals surface area (Å²) in [6.07, 6.45) is 0. The van der Waals surface area contributed by atoms with Crippen LogP contribution in [-0.4, -0.2) is 12.0 Å². The third-order valence-electron chi connectivity index (χ3n) is 2.09. The van der Waals surface area contributed by atoms with Crippen LogP contribution in [0, 0.1) is 15.9 Å². The minimum atomic E-state index is -0.536. The highest BCUT2D eigenvalue weighted by Crippen LogP contribution is 2.21. The number of non-ortho nitro benzene ring substituents is 1. The quantitative estimate of drug-likeness (QED) is 0.597. The van der Waals surface area contributed by atoms with Crippen molar-refractivity contribution in [2.45, 2.75) is 13.0 Å². The Balaban J connectivity index is 3.14. The van der Waals surface area contributed by atoms with E-state index in [0.717, 1.165) is 12.1 Å². The van der Waals surface area contributed by atoms with Crippen LogP contribution in [0.4, 0.5) is 10.1 Å². The molecule has 4 nitrogen and oxygen atoms in total. The number of nitro groups is 1. The number of nitro benzene ring substituents is 1. The second-order valence-electron chi connectivity index (χ2n) is 2.97. The molecular weight excluding hydrogens is 187 g/mol. The Hall–Kier alpha value is -1.49. The molecule has 0 spiro atoms. The Morgan fingerprint density at radius 2 is 2.21 bits per heavy atom. The average Bonchev–Trinajstić information content (AvgIpc) is 2.17. The van der Waals surface area contributed by atoms with Crippen LogP contribution in [0.15, 0.2) is 18.2 Å². The molecule has 14 heavy (non-hydrogen) atoms. The number of nitrogens with zero attached hydrogens (tertiary/aromatic N) is 1. The zero-order valence-electron chi connectivity index (χ0n) is 7.95. The van der Waals surface area contributed by atoms with Gasteiger partial charge in [-0.05, 0) is 20.0 Å². The topological polar surface area (TPSA) is 55.2 Å². The summed E-state index contributed by atoms with van der Waals surface area (Å²) >= 11 is 0. The Morgan fingerprint density at radius 3 is 2.71 bits per heavy atom. The van der Waals surface area contributed by atoms with Crippen LogP contribution in [0.2, 0.25) is 0 Å². The predicted octanol–water partition coefficient (Wildman–Crippen LogP) is 2.01. The summed E-state index contributed by atoms with van der Waals surface area (Å²) in [5.41, 5.74) is 0.213. The number of halogens is 1. The third kappa shape index (κ3) is 2.05. The first-order valence-corrected chi connectivity index (χ1v) is 4.17. The van der Waals surface area contributed by atoms with E-state index in [1.807, 2.05) is 0 Å². The molecule has 0 unspecified atom stereocenters. The van der Waals surface area contributed by atoms with E-state index in [1.165, 1.54) is 6.07 Å². The van der Waals surface area contributed by atoms with Gasteiger partial charge in [-0.3, -0.25) is 10.1 Å². The minimum absolute atomic E-state index is 0.0940. The number of rotatable bonds is 3. The van der Waals surface area contributed by atoms with Crippen LogP contribution < -0.4 is 5.32 Å². The van der Waals surface area contributed by atoms with Crippen molar-refractivity contribution in [2.24, 2.45) is 0 Å². The van der Waals surface area contributed by atoms with Crippen molar-refractivity contribution in [3.05, 3.63) is 39.7 Å². The van der Waals surface area contributed by atoms with Crippen LogP contribution in [0.1, 0.15) is 18.5 Å². The van der Waals surface area contributed by atoms with Gasteiger partial charge < -0.3 is 5.32 Å². The Kier molecular flexibility index (Phi) is 3.14. The lowest BCUT2D eigenvalue weighted by Gasteiger charge is -2.10. The summed E-state index contributed by atoms with van der Waals surface area (Å²) < 4.78 is 13.2. The lowest BCUT2D eigenvalue weighted by molar-refractivity contribution is -0.385. The van der Waals surface area contributed by atoms with Crippen molar-refractivity contribution >= 4 is 5.69 Å². The van der Waals surface area contributed by atoms with Crippen molar-refractivity contribution in [2.75, 3.05) is 7.05 Å². The standard InChI is InChI=1S/C9H11FN2O2/c1-6(11-2)8-5-7(12(13)14)3-4-9(8)10/h3-6,11H,1-2H3/t6-/m1/s1. The van der Waals surface area contributed by atoms with E-state index < -0.39 is 10.7 Å². The van der Waals surface area contributed by atoms with Gasteiger partial charge in [0.2, 0.25) is 0 Å². The first-order valence-electron chi connectivity index (χ1n) is 4.17. The first-order chi connectivity index (χ1) is 6.56. The Bertz CT molecular complexity index is 355. The summed E-state index contributed by atoms with van der Waals surface area (Å²) in [7, 11) is 1.67. The molecule has 0 bridgehead atoms. The third-order valence-corrected chi connectivity index (χ3v) is 2.09. The molecule has 0 heterocycles. The Labute approximate surface area is 80.9 Å². The van der Waals surface area contributed by atoms with Gasteiger partial charge in [0.05, 0.1) is 4.92 Å². The van der Waals surface area contributed by atoms with E-state index in [1.54, 1.807) is 14.0 Å². The van der Waals surface area contributed by atoms with E-state index in [4.69, 9.17) is 0 Å². The molecule has 0 amide bonds. The normalized spacial score (nSPS) is 12.5. The lowest BCUT2D eigenvalue weighted by atomic mass is 10.1. The summed E-state index contributed by atoms with van der Waals surface area (Å²) in [5.74, 6) is -0.433. The highest BCUT2D eigenvalue weighted by Gasteiger charge is 2.14. The van der Waals surface area contributed by atoms with Crippen molar-refractivity contribution < 1.29 is 9.31 Å². The fourth-order valence-electron chi connectivity index (χ4n) is 1.13. The molecule has 0 aliphatic carbocycles. The van der Waals surface area contributed by atoms with Crippen molar-refractivity contribution in [1.29, 1.82) is 0 Å². The van der Waals surface area contributed by atoms with Crippen LogP contribution >= 0.6 is 0 Å². The monoisotopic (exact) mass is 198 g/mol. The van der Waals surface area contributed by atoms with E-state index >= 15 is 0 Å². The molecule has 0 aromatic heterocycles. The number of benzene rings is 1.